The Morgan fingerprint density at radius 3 is 2.08 bits per heavy atom. The van der Waals surface area contributed by atoms with Crippen molar-refractivity contribution >= 4 is 5.91 Å². The molecule has 0 atom stereocenters. The zero-order valence-corrected chi connectivity index (χ0v) is 6.70. The van der Waals surface area contributed by atoms with E-state index in [1.807, 2.05) is 0 Å². The van der Waals surface area contributed by atoms with Crippen molar-refractivity contribution in [3.63, 3.8) is 0 Å². The van der Waals surface area contributed by atoms with Gasteiger partial charge in [-0.3, -0.25) is 4.79 Å². The van der Waals surface area contributed by atoms with Gasteiger partial charge in [0, 0.05) is 24.8 Å². The van der Waals surface area contributed by atoms with Gasteiger partial charge in [-0.25, -0.2) is 8.78 Å². The van der Waals surface area contributed by atoms with Crippen molar-refractivity contribution in [2.24, 2.45) is 0 Å². The van der Waals surface area contributed by atoms with E-state index in [0.29, 0.717) is 19.3 Å². The average Bonchev–Trinajstić information content (AvgIpc) is 1.92. The number of halogens is 2. The number of hydrogen-bond donors (Lipinski definition) is 1. The fourth-order valence-electron chi connectivity index (χ4n) is 1.98. The molecule has 0 aromatic heterocycles. The number of β-lactam (4-membered cyclic amide) rings is 1. The molecule has 2 aliphatic rings. The van der Waals surface area contributed by atoms with Crippen molar-refractivity contribution < 1.29 is 13.6 Å². The van der Waals surface area contributed by atoms with Gasteiger partial charge in [-0.2, -0.15) is 0 Å². The number of nitrogens with one attached hydrogen (secondary N) is 1. The summed E-state index contributed by atoms with van der Waals surface area (Å²) in [6, 6.07) is 0. The molecular formula is C8H11F2NO. The van der Waals surface area contributed by atoms with E-state index in [2.05, 4.69) is 5.32 Å². The highest BCUT2D eigenvalue weighted by Crippen LogP contribution is 2.42. The van der Waals surface area contributed by atoms with Crippen LogP contribution in [0.1, 0.15) is 32.1 Å². The van der Waals surface area contributed by atoms with Gasteiger partial charge in [0.15, 0.2) is 0 Å². The van der Waals surface area contributed by atoms with Crippen LogP contribution in [0.3, 0.4) is 0 Å². The van der Waals surface area contributed by atoms with Gasteiger partial charge < -0.3 is 5.32 Å². The van der Waals surface area contributed by atoms with Crippen LogP contribution in [0.25, 0.3) is 0 Å². The Kier molecular flexibility index (Phi) is 1.44. The van der Waals surface area contributed by atoms with E-state index in [4.69, 9.17) is 0 Å². The molecule has 68 valence electrons. The van der Waals surface area contributed by atoms with Gasteiger partial charge in [-0.1, -0.05) is 0 Å². The lowest BCUT2D eigenvalue weighted by Crippen LogP contribution is -2.63. The molecule has 2 fully saturated rings. The highest BCUT2D eigenvalue weighted by molar-refractivity contribution is 5.84. The normalized spacial score (nSPS) is 31.0. The highest BCUT2D eigenvalue weighted by atomic mass is 19.3. The van der Waals surface area contributed by atoms with Crippen LogP contribution in [-0.2, 0) is 4.79 Å². The molecule has 1 heterocycles. The van der Waals surface area contributed by atoms with Gasteiger partial charge in [-0.15, -0.1) is 0 Å². The Bertz CT molecular complexity index is 207. The number of alkyl halides is 2. The molecule has 0 unspecified atom stereocenters. The van der Waals surface area contributed by atoms with E-state index >= 15 is 0 Å². The van der Waals surface area contributed by atoms with Crippen molar-refractivity contribution in [1.29, 1.82) is 0 Å². The molecule has 0 bridgehead atoms. The summed E-state index contributed by atoms with van der Waals surface area (Å²) in [5, 5.41) is 2.72. The zero-order valence-electron chi connectivity index (χ0n) is 6.70. The fraction of sp³-hybridized carbons (Fsp3) is 0.875. The zero-order chi connectivity index (χ0) is 8.82. The second-order valence-corrected chi connectivity index (χ2v) is 3.86. The lowest BCUT2D eigenvalue weighted by molar-refractivity contribution is -0.139. The van der Waals surface area contributed by atoms with Crippen LogP contribution < -0.4 is 5.32 Å². The van der Waals surface area contributed by atoms with Crippen molar-refractivity contribution in [3.8, 4) is 0 Å². The third-order valence-electron chi connectivity index (χ3n) is 2.84. The molecule has 4 heteroatoms. The predicted octanol–water partition coefficient (Wildman–Crippen LogP) is 1.45. The van der Waals surface area contributed by atoms with E-state index in [9.17, 15) is 13.6 Å². The topological polar surface area (TPSA) is 29.1 Å². The first kappa shape index (κ1) is 7.95. The minimum absolute atomic E-state index is 0.000200. The number of hydrogen-bond acceptors (Lipinski definition) is 1. The molecule has 1 aliphatic carbocycles. The van der Waals surface area contributed by atoms with E-state index in [1.54, 1.807) is 0 Å². The number of rotatable bonds is 0. The molecule has 1 saturated carbocycles. The summed E-state index contributed by atoms with van der Waals surface area (Å²) >= 11 is 0. The summed E-state index contributed by atoms with van der Waals surface area (Å²) in [4.78, 5) is 10.6. The second-order valence-electron chi connectivity index (χ2n) is 3.86. The molecule has 2 rings (SSSR count). The molecule has 0 radical (unpaired) electrons. The average molecular weight is 175 g/mol. The van der Waals surface area contributed by atoms with Crippen LogP contribution in [0.15, 0.2) is 0 Å². The highest BCUT2D eigenvalue weighted by Gasteiger charge is 2.49. The van der Waals surface area contributed by atoms with E-state index < -0.39 is 5.92 Å². The number of amides is 1. The first-order chi connectivity index (χ1) is 5.52. The summed E-state index contributed by atoms with van der Waals surface area (Å²) in [5.74, 6) is -2.49. The molecule has 1 spiro atoms. The predicted molar refractivity (Wildman–Crippen MR) is 38.9 cm³/mol. The van der Waals surface area contributed by atoms with Crippen LogP contribution in [0.4, 0.5) is 8.78 Å². The second kappa shape index (κ2) is 2.18. The maximum absolute atomic E-state index is 12.7. The van der Waals surface area contributed by atoms with Crippen LogP contribution in [0.5, 0.6) is 0 Å². The van der Waals surface area contributed by atoms with Crippen molar-refractivity contribution in [2.75, 3.05) is 0 Å². The Morgan fingerprint density at radius 2 is 1.67 bits per heavy atom. The molecule has 0 aromatic rings. The van der Waals surface area contributed by atoms with E-state index in [1.165, 1.54) is 0 Å². The first-order valence-electron chi connectivity index (χ1n) is 4.20. The minimum atomic E-state index is -2.49. The van der Waals surface area contributed by atoms with Crippen LogP contribution in [0, 0.1) is 0 Å². The molecule has 2 nitrogen and oxygen atoms in total. The molecular weight excluding hydrogens is 164 g/mol. The lowest BCUT2D eigenvalue weighted by Gasteiger charge is -2.46. The third kappa shape index (κ3) is 1.19. The largest absolute Gasteiger partial charge is 0.350 e. The molecule has 1 amide bonds. The lowest BCUT2D eigenvalue weighted by atomic mass is 9.73. The first-order valence-corrected chi connectivity index (χ1v) is 4.20. The maximum Gasteiger partial charge on any atom is 0.248 e. The number of carbonyl (C=O) groups excluding carboxylic acids is 1. The molecule has 12 heavy (non-hydrogen) atoms. The number of carbonyl (C=O) groups is 1. The molecule has 1 saturated heterocycles. The summed E-state index contributed by atoms with van der Waals surface area (Å²) in [6.07, 6.45) is 1.17. The van der Waals surface area contributed by atoms with E-state index in [0.717, 1.165) is 0 Å². The monoisotopic (exact) mass is 175 g/mol. The van der Waals surface area contributed by atoms with Crippen molar-refractivity contribution in [2.45, 2.75) is 43.6 Å². The molecule has 0 aromatic carbocycles. The van der Waals surface area contributed by atoms with Gasteiger partial charge in [0.25, 0.3) is 0 Å². The van der Waals surface area contributed by atoms with Gasteiger partial charge in [-0.05, 0) is 12.8 Å². The molecule has 1 aliphatic heterocycles. The maximum atomic E-state index is 12.7. The Hall–Kier alpha value is -0.670. The van der Waals surface area contributed by atoms with Crippen molar-refractivity contribution in [1.82, 2.24) is 5.32 Å². The van der Waals surface area contributed by atoms with Gasteiger partial charge in [0.1, 0.15) is 0 Å². The Morgan fingerprint density at radius 1 is 1.17 bits per heavy atom. The van der Waals surface area contributed by atoms with Gasteiger partial charge >= 0.3 is 0 Å². The third-order valence-corrected chi connectivity index (χ3v) is 2.84. The van der Waals surface area contributed by atoms with E-state index in [-0.39, 0.29) is 24.3 Å². The smallest absolute Gasteiger partial charge is 0.248 e. The summed E-state index contributed by atoms with van der Waals surface area (Å²) in [5.41, 5.74) is -0.251. The van der Waals surface area contributed by atoms with Crippen LogP contribution >= 0.6 is 0 Å². The Balaban J connectivity index is 1.95. The SMILES string of the molecule is O=C1CC2(CCC(F)(F)CC2)N1. The minimum Gasteiger partial charge on any atom is -0.350 e. The summed E-state index contributed by atoms with van der Waals surface area (Å²) < 4.78 is 25.4. The standard InChI is InChI=1S/C8H11F2NO/c9-8(10)3-1-7(2-4-8)5-6(12)11-7/h1-5H2,(H,11,12). The summed E-state index contributed by atoms with van der Waals surface area (Å²) in [6.45, 7) is 0. The van der Waals surface area contributed by atoms with Crippen LogP contribution in [0.2, 0.25) is 0 Å². The molecule has 1 N–H and O–H groups in total. The van der Waals surface area contributed by atoms with Crippen LogP contribution in [-0.4, -0.2) is 17.4 Å². The quantitative estimate of drug-likeness (QED) is 0.555. The van der Waals surface area contributed by atoms with Gasteiger partial charge in [0.2, 0.25) is 11.8 Å². The van der Waals surface area contributed by atoms with Crippen molar-refractivity contribution in [3.05, 3.63) is 0 Å². The fourth-order valence-corrected chi connectivity index (χ4v) is 1.98. The van der Waals surface area contributed by atoms with Gasteiger partial charge in [0.05, 0.1) is 0 Å². The summed E-state index contributed by atoms with van der Waals surface area (Å²) in [7, 11) is 0. The Labute approximate surface area is 69.3 Å².